The number of hydrogen-bond donors (Lipinski definition) is 2. The van der Waals surface area contributed by atoms with Gasteiger partial charge in [0.25, 0.3) is 0 Å². The molecule has 0 amide bonds. The molecule has 1 aliphatic heterocycles. The van der Waals surface area contributed by atoms with E-state index in [2.05, 4.69) is 20.6 Å². The molecule has 5 nitrogen and oxygen atoms in total. The van der Waals surface area contributed by atoms with E-state index in [4.69, 9.17) is 4.74 Å². The van der Waals surface area contributed by atoms with Crippen LogP contribution >= 0.6 is 0 Å². The molecule has 1 saturated heterocycles. The van der Waals surface area contributed by atoms with Crippen molar-refractivity contribution < 1.29 is 4.74 Å². The highest BCUT2D eigenvalue weighted by molar-refractivity contribution is 5.35. The van der Waals surface area contributed by atoms with E-state index in [1.807, 2.05) is 6.07 Å². The van der Waals surface area contributed by atoms with E-state index in [0.29, 0.717) is 12.6 Å². The molecular formula is C11H18N4O. The zero-order chi connectivity index (χ0) is 11.2. The SMILES string of the molecule is COCc1cc(NC2CCNCC2)ncn1. The van der Waals surface area contributed by atoms with Gasteiger partial charge in [0.2, 0.25) is 0 Å². The van der Waals surface area contributed by atoms with Crippen LogP contribution in [0.25, 0.3) is 0 Å². The number of aromatic nitrogens is 2. The van der Waals surface area contributed by atoms with Gasteiger partial charge in [-0.2, -0.15) is 0 Å². The summed E-state index contributed by atoms with van der Waals surface area (Å²) in [6.45, 7) is 2.69. The average Bonchev–Trinajstić information content (AvgIpc) is 2.31. The predicted molar refractivity (Wildman–Crippen MR) is 62.3 cm³/mol. The first-order valence-corrected chi connectivity index (χ1v) is 5.65. The van der Waals surface area contributed by atoms with E-state index in [9.17, 15) is 0 Å². The second kappa shape index (κ2) is 5.77. The number of anilines is 1. The molecule has 0 bridgehead atoms. The van der Waals surface area contributed by atoms with Gasteiger partial charge in [-0.05, 0) is 25.9 Å². The first-order chi connectivity index (χ1) is 7.88. The average molecular weight is 222 g/mol. The summed E-state index contributed by atoms with van der Waals surface area (Å²) >= 11 is 0. The molecule has 2 rings (SSSR count). The van der Waals surface area contributed by atoms with E-state index < -0.39 is 0 Å². The molecule has 0 aromatic carbocycles. The van der Waals surface area contributed by atoms with E-state index in [-0.39, 0.29) is 0 Å². The number of piperidine rings is 1. The second-order valence-electron chi connectivity index (χ2n) is 4.00. The smallest absolute Gasteiger partial charge is 0.129 e. The van der Waals surface area contributed by atoms with Gasteiger partial charge in [0.1, 0.15) is 12.1 Å². The summed E-state index contributed by atoms with van der Waals surface area (Å²) in [5.74, 6) is 0.897. The molecule has 0 radical (unpaired) electrons. The Balaban J connectivity index is 1.94. The van der Waals surface area contributed by atoms with Gasteiger partial charge in [-0.25, -0.2) is 9.97 Å². The molecule has 2 N–H and O–H groups in total. The van der Waals surface area contributed by atoms with E-state index in [0.717, 1.165) is 37.4 Å². The van der Waals surface area contributed by atoms with E-state index in [1.165, 1.54) is 0 Å². The van der Waals surface area contributed by atoms with Crippen molar-refractivity contribution in [2.24, 2.45) is 0 Å². The topological polar surface area (TPSA) is 59.1 Å². The Morgan fingerprint density at radius 1 is 1.44 bits per heavy atom. The minimum Gasteiger partial charge on any atom is -0.378 e. The van der Waals surface area contributed by atoms with Crippen molar-refractivity contribution in [1.82, 2.24) is 15.3 Å². The zero-order valence-corrected chi connectivity index (χ0v) is 9.57. The Kier molecular flexibility index (Phi) is 4.07. The van der Waals surface area contributed by atoms with Gasteiger partial charge in [-0.1, -0.05) is 0 Å². The van der Waals surface area contributed by atoms with Crippen LogP contribution < -0.4 is 10.6 Å². The summed E-state index contributed by atoms with van der Waals surface area (Å²) < 4.78 is 5.04. The largest absolute Gasteiger partial charge is 0.378 e. The van der Waals surface area contributed by atoms with Crippen LogP contribution in [0.1, 0.15) is 18.5 Å². The molecule has 1 aromatic heterocycles. The standard InChI is InChI=1S/C11H18N4O/c1-16-7-10-6-11(14-8-13-10)15-9-2-4-12-5-3-9/h6,8-9,12H,2-5,7H2,1H3,(H,13,14,15). The molecule has 16 heavy (non-hydrogen) atoms. The first kappa shape index (κ1) is 11.3. The molecule has 2 heterocycles. The van der Waals surface area contributed by atoms with Gasteiger partial charge in [-0.3, -0.25) is 0 Å². The number of ether oxygens (including phenoxy) is 1. The third kappa shape index (κ3) is 3.15. The number of hydrogen-bond acceptors (Lipinski definition) is 5. The van der Waals surface area contributed by atoms with Crippen molar-refractivity contribution in [3.8, 4) is 0 Å². The quantitative estimate of drug-likeness (QED) is 0.788. The van der Waals surface area contributed by atoms with Gasteiger partial charge < -0.3 is 15.4 Å². The van der Waals surface area contributed by atoms with Gasteiger partial charge in [-0.15, -0.1) is 0 Å². The minimum absolute atomic E-state index is 0.520. The van der Waals surface area contributed by atoms with Crippen LogP contribution in [0.3, 0.4) is 0 Å². The molecular weight excluding hydrogens is 204 g/mol. The summed E-state index contributed by atoms with van der Waals surface area (Å²) in [7, 11) is 1.67. The lowest BCUT2D eigenvalue weighted by atomic mass is 10.1. The molecule has 1 aliphatic rings. The van der Waals surface area contributed by atoms with Crippen molar-refractivity contribution in [3.63, 3.8) is 0 Å². The Labute approximate surface area is 95.6 Å². The molecule has 0 aliphatic carbocycles. The van der Waals surface area contributed by atoms with Crippen LogP contribution in [-0.4, -0.2) is 36.2 Å². The van der Waals surface area contributed by atoms with Crippen molar-refractivity contribution in [2.45, 2.75) is 25.5 Å². The van der Waals surface area contributed by atoms with Crippen LogP contribution in [0.5, 0.6) is 0 Å². The predicted octanol–water partition coefficient (Wildman–Crippen LogP) is 0.787. The summed E-state index contributed by atoms with van der Waals surface area (Å²) in [6, 6.07) is 2.47. The number of rotatable bonds is 4. The summed E-state index contributed by atoms with van der Waals surface area (Å²) in [5.41, 5.74) is 0.911. The third-order valence-electron chi connectivity index (χ3n) is 2.71. The lowest BCUT2D eigenvalue weighted by molar-refractivity contribution is 0.181. The van der Waals surface area contributed by atoms with Crippen molar-refractivity contribution in [3.05, 3.63) is 18.1 Å². The Bertz CT molecular complexity index is 326. The minimum atomic E-state index is 0.520. The normalized spacial score (nSPS) is 17.3. The fraction of sp³-hybridized carbons (Fsp3) is 0.636. The van der Waals surface area contributed by atoms with Crippen LogP contribution in [0.4, 0.5) is 5.82 Å². The fourth-order valence-electron chi connectivity index (χ4n) is 1.88. The van der Waals surface area contributed by atoms with E-state index in [1.54, 1.807) is 13.4 Å². The lowest BCUT2D eigenvalue weighted by Crippen LogP contribution is -2.35. The number of methoxy groups -OCH3 is 1. The van der Waals surface area contributed by atoms with E-state index >= 15 is 0 Å². The molecule has 88 valence electrons. The van der Waals surface area contributed by atoms with Gasteiger partial charge in [0.05, 0.1) is 12.3 Å². The summed E-state index contributed by atoms with van der Waals surface area (Å²) in [6.07, 6.45) is 3.87. The highest BCUT2D eigenvalue weighted by Gasteiger charge is 2.12. The molecule has 0 atom stereocenters. The molecule has 1 aromatic rings. The van der Waals surface area contributed by atoms with Gasteiger partial charge in [0.15, 0.2) is 0 Å². The Morgan fingerprint density at radius 2 is 2.25 bits per heavy atom. The maximum atomic E-state index is 5.04. The molecule has 0 spiro atoms. The van der Waals surface area contributed by atoms with Crippen molar-refractivity contribution >= 4 is 5.82 Å². The number of nitrogens with one attached hydrogen (secondary N) is 2. The monoisotopic (exact) mass is 222 g/mol. The van der Waals surface area contributed by atoms with Gasteiger partial charge >= 0.3 is 0 Å². The molecule has 1 fully saturated rings. The summed E-state index contributed by atoms with van der Waals surface area (Å²) in [4.78, 5) is 8.35. The van der Waals surface area contributed by atoms with Crippen molar-refractivity contribution in [1.29, 1.82) is 0 Å². The highest BCUT2D eigenvalue weighted by Crippen LogP contribution is 2.11. The van der Waals surface area contributed by atoms with Gasteiger partial charge in [0, 0.05) is 19.2 Å². The maximum Gasteiger partial charge on any atom is 0.129 e. The van der Waals surface area contributed by atoms with Crippen LogP contribution in [-0.2, 0) is 11.3 Å². The Hall–Kier alpha value is -1.20. The number of nitrogens with zero attached hydrogens (tertiary/aromatic N) is 2. The Morgan fingerprint density at radius 3 is 3.00 bits per heavy atom. The zero-order valence-electron chi connectivity index (χ0n) is 9.57. The molecule has 0 unspecified atom stereocenters. The molecule has 5 heteroatoms. The van der Waals surface area contributed by atoms with Crippen molar-refractivity contribution in [2.75, 3.05) is 25.5 Å². The fourth-order valence-corrected chi connectivity index (χ4v) is 1.88. The second-order valence-corrected chi connectivity index (χ2v) is 4.00. The lowest BCUT2D eigenvalue weighted by Gasteiger charge is -2.24. The maximum absolute atomic E-state index is 5.04. The van der Waals surface area contributed by atoms with Crippen LogP contribution in [0.2, 0.25) is 0 Å². The molecule has 0 saturated carbocycles. The third-order valence-corrected chi connectivity index (χ3v) is 2.71. The van der Waals surface area contributed by atoms with Crippen LogP contribution in [0, 0.1) is 0 Å². The first-order valence-electron chi connectivity index (χ1n) is 5.65. The highest BCUT2D eigenvalue weighted by atomic mass is 16.5. The van der Waals surface area contributed by atoms with Crippen LogP contribution in [0.15, 0.2) is 12.4 Å². The summed E-state index contributed by atoms with van der Waals surface area (Å²) in [5, 5.41) is 6.77.